The molecule has 192 valence electrons. The third-order valence-electron chi connectivity index (χ3n) is 6.75. The lowest BCUT2D eigenvalue weighted by molar-refractivity contribution is -0.117. The van der Waals surface area contributed by atoms with Gasteiger partial charge in [-0.05, 0) is 50.1 Å². The summed E-state index contributed by atoms with van der Waals surface area (Å²) in [7, 11) is 0. The molecule has 0 aliphatic heterocycles. The minimum absolute atomic E-state index is 0.0129. The zero-order valence-corrected chi connectivity index (χ0v) is 21.4. The Morgan fingerprint density at radius 2 is 1.97 bits per heavy atom. The number of amides is 1. The van der Waals surface area contributed by atoms with Crippen molar-refractivity contribution in [1.82, 2.24) is 30.1 Å². The van der Waals surface area contributed by atoms with Crippen LogP contribution in [0.25, 0.3) is 55.2 Å². The molecule has 0 bridgehead atoms. The van der Waals surface area contributed by atoms with Crippen LogP contribution in [0, 0.1) is 11.7 Å². The van der Waals surface area contributed by atoms with Crippen LogP contribution in [0.5, 0.6) is 0 Å². The van der Waals surface area contributed by atoms with E-state index in [4.69, 9.17) is 0 Å². The summed E-state index contributed by atoms with van der Waals surface area (Å²) < 4.78 is 15.2. The first kappa shape index (κ1) is 23.4. The van der Waals surface area contributed by atoms with Crippen LogP contribution in [0.3, 0.4) is 0 Å². The zero-order chi connectivity index (χ0) is 26.7. The van der Waals surface area contributed by atoms with Gasteiger partial charge in [-0.2, -0.15) is 5.10 Å². The molecule has 3 N–H and O–H groups in total. The highest BCUT2D eigenvalue weighted by atomic mass is 32.1. The first-order valence-electron chi connectivity index (χ1n) is 12.3. The SMILES string of the molecule is CC(=O)c1ccc(-c2ccnc3nc(-c4n[nH]c5cc(F)c(-c6cncc(NC(=O)C7CC7)c6)cc45)[nH]c23)s1. The quantitative estimate of drug-likeness (QED) is 0.224. The molecule has 1 aliphatic rings. The Hall–Kier alpha value is -4.77. The summed E-state index contributed by atoms with van der Waals surface area (Å²) in [5.74, 6) is 0.0438. The van der Waals surface area contributed by atoms with Gasteiger partial charge in [-0.25, -0.2) is 14.4 Å². The van der Waals surface area contributed by atoms with Gasteiger partial charge in [-0.1, -0.05) is 0 Å². The second-order valence-corrected chi connectivity index (χ2v) is 10.6. The fraction of sp³-hybridized carbons (Fsp3) is 0.143. The van der Waals surface area contributed by atoms with Crippen LogP contribution in [0.4, 0.5) is 10.1 Å². The maximum atomic E-state index is 15.2. The number of nitrogens with one attached hydrogen (secondary N) is 3. The molecule has 0 radical (unpaired) electrons. The normalized spacial score (nSPS) is 13.3. The molecule has 1 aromatic carbocycles. The largest absolute Gasteiger partial charge is 0.335 e. The number of aromatic amines is 2. The first-order chi connectivity index (χ1) is 18.9. The number of pyridine rings is 2. The number of rotatable bonds is 6. The van der Waals surface area contributed by atoms with Crippen molar-refractivity contribution in [3.05, 3.63) is 65.7 Å². The highest BCUT2D eigenvalue weighted by Crippen LogP contribution is 2.36. The van der Waals surface area contributed by atoms with Crippen molar-refractivity contribution in [2.24, 2.45) is 5.92 Å². The lowest BCUT2D eigenvalue weighted by Crippen LogP contribution is -2.13. The lowest BCUT2D eigenvalue weighted by atomic mass is 10.0. The molecule has 0 saturated heterocycles. The van der Waals surface area contributed by atoms with E-state index in [0.29, 0.717) is 55.3 Å². The van der Waals surface area contributed by atoms with Crippen LogP contribution >= 0.6 is 11.3 Å². The maximum absolute atomic E-state index is 15.2. The molecule has 6 aromatic rings. The van der Waals surface area contributed by atoms with E-state index in [9.17, 15) is 9.59 Å². The maximum Gasteiger partial charge on any atom is 0.227 e. The molecule has 5 aromatic heterocycles. The van der Waals surface area contributed by atoms with E-state index < -0.39 is 5.82 Å². The number of anilines is 1. The van der Waals surface area contributed by atoms with Gasteiger partial charge in [0, 0.05) is 51.3 Å². The predicted molar refractivity (Wildman–Crippen MR) is 147 cm³/mol. The smallest absolute Gasteiger partial charge is 0.227 e. The second kappa shape index (κ2) is 8.91. The van der Waals surface area contributed by atoms with Crippen molar-refractivity contribution < 1.29 is 14.0 Å². The number of carbonyl (C=O) groups excluding carboxylic acids is 2. The van der Waals surface area contributed by atoms with Crippen LogP contribution in [0.1, 0.15) is 29.4 Å². The van der Waals surface area contributed by atoms with Gasteiger partial charge in [-0.15, -0.1) is 11.3 Å². The van der Waals surface area contributed by atoms with Crippen LogP contribution in [-0.2, 0) is 4.79 Å². The topological polar surface area (TPSA) is 129 Å². The summed E-state index contributed by atoms with van der Waals surface area (Å²) in [5.41, 5.74) is 4.49. The van der Waals surface area contributed by atoms with E-state index in [2.05, 4.69) is 35.5 Å². The van der Waals surface area contributed by atoms with Crippen molar-refractivity contribution >= 4 is 50.8 Å². The van der Waals surface area contributed by atoms with E-state index in [-0.39, 0.29) is 17.6 Å². The fourth-order valence-corrected chi connectivity index (χ4v) is 5.52. The van der Waals surface area contributed by atoms with Gasteiger partial charge in [0.1, 0.15) is 11.5 Å². The van der Waals surface area contributed by atoms with Crippen molar-refractivity contribution in [1.29, 1.82) is 0 Å². The number of hydrogen-bond acceptors (Lipinski definition) is 7. The number of thiophene rings is 1. The molecular formula is C28H20FN7O2S. The van der Waals surface area contributed by atoms with Gasteiger partial charge in [0.05, 0.1) is 27.8 Å². The molecule has 0 unspecified atom stereocenters. The van der Waals surface area contributed by atoms with Crippen molar-refractivity contribution in [2.75, 3.05) is 5.32 Å². The Bertz CT molecular complexity index is 1940. The number of benzene rings is 1. The van der Waals surface area contributed by atoms with E-state index in [1.807, 2.05) is 18.2 Å². The van der Waals surface area contributed by atoms with Gasteiger partial charge in [-0.3, -0.25) is 19.7 Å². The average Bonchev–Trinajstić information content (AvgIpc) is 3.31. The number of H-pyrrole nitrogens is 2. The minimum atomic E-state index is -0.447. The number of halogens is 1. The number of Topliss-reactive ketones (excluding diaryl/α,β-unsaturated/α-hetero) is 1. The number of nitrogens with zero attached hydrogens (tertiary/aromatic N) is 4. The summed E-state index contributed by atoms with van der Waals surface area (Å²) in [5, 5.41) is 10.8. The lowest BCUT2D eigenvalue weighted by Gasteiger charge is -2.08. The third kappa shape index (κ3) is 4.16. The summed E-state index contributed by atoms with van der Waals surface area (Å²) in [6.07, 6.45) is 6.56. The molecule has 1 fully saturated rings. The molecule has 39 heavy (non-hydrogen) atoms. The fourth-order valence-electron chi connectivity index (χ4n) is 4.59. The van der Waals surface area contributed by atoms with Crippen LogP contribution < -0.4 is 5.32 Å². The monoisotopic (exact) mass is 537 g/mol. The standard InChI is InChI=1S/C28H20FN7O2S/c1-13(37)22-4-5-23(39-22)17-6-7-31-26-24(17)33-27(34-26)25-19-9-18(20(29)10-21(19)35-36-25)15-8-16(12-30-11-15)32-28(38)14-2-3-14/h4-12,14H,2-3H2,1H3,(H,32,38)(H,35,36)(H,31,33,34). The molecule has 1 amide bonds. The highest BCUT2D eigenvalue weighted by molar-refractivity contribution is 7.17. The number of hydrogen-bond donors (Lipinski definition) is 3. The Labute approximate surface area is 224 Å². The van der Waals surface area contributed by atoms with Gasteiger partial charge in [0.15, 0.2) is 17.3 Å². The van der Waals surface area contributed by atoms with E-state index in [0.717, 1.165) is 23.3 Å². The van der Waals surface area contributed by atoms with Gasteiger partial charge >= 0.3 is 0 Å². The Balaban J connectivity index is 1.30. The molecule has 0 spiro atoms. The number of imidazole rings is 1. The Kier molecular flexibility index (Phi) is 5.34. The van der Waals surface area contributed by atoms with E-state index in [1.165, 1.54) is 17.4 Å². The predicted octanol–water partition coefficient (Wildman–Crippen LogP) is 5.98. The average molecular weight is 538 g/mol. The molecule has 7 rings (SSSR count). The van der Waals surface area contributed by atoms with Crippen LogP contribution in [0.15, 0.2) is 55.0 Å². The highest BCUT2D eigenvalue weighted by Gasteiger charge is 2.29. The Morgan fingerprint density at radius 1 is 1.10 bits per heavy atom. The first-order valence-corrected chi connectivity index (χ1v) is 13.2. The summed E-state index contributed by atoms with van der Waals surface area (Å²) >= 11 is 1.41. The van der Waals surface area contributed by atoms with E-state index >= 15 is 4.39 Å². The summed E-state index contributed by atoms with van der Waals surface area (Å²) in [4.78, 5) is 42.2. The molecular weight excluding hydrogens is 517 g/mol. The zero-order valence-electron chi connectivity index (χ0n) is 20.6. The van der Waals surface area contributed by atoms with Crippen molar-refractivity contribution in [3.8, 4) is 33.1 Å². The molecule has 9 nitrogen and oxygen atoms in total. The molecule has 11 heteroatoms. The number of ketones is 1. The molecule has 1 saturated carbocycles. The summed E-state index contributed by atoms with van der Waals surface area (Å²) in [6.45, 7) is 1.54. The second-order valence-electron chi connectivity index (χ2n) is 9.54. The number of aromatic nitrogens is 6. The summed E-state index contributed by atoms with van der Waals surface area (Å²) in [6, 6.07) is 10.4. The minimum Gasteiger partial charge on any atom is -0.335 e. The van der Waals surface area contributed by atoms with Crippen molar-refractivity contribution in [3.63, 3.8) is 0 Å². The van der Waals surface area contributed by atoms with Crippen LogP contribution in [0.2, 0.25) is 0 Å². The number of carbonyl (C=O) groups is 2. The third-order valence-corrected chi connectivity index (χ3v) is 7.97. The van der Waals surface area contributed by atoms with E-state index in [1.54, 1.807) is 37.6 Å². The molecule has 0 atom stereocenters. The van der Waals surface area contributed by atoms with Gasteiger partial charge < -0.3 is 10.3 Å². The van der Waals surface area contributed by atoms with Crippen LogP contribution in [-0.4, -0.2) is 41.8 Å². The number of fused-ring (bicyclic) bond motifs is 2. The van der Waals surface area contributed by atoms with Gasteiger partial charge in [0.25, 0.3) is 0 Å². The molecule has 1 aliphatic carbocycles. The molecule has 5 heterocycles. The van der Waals surface area contributed by atoms with Gasteiger partial charge in [0.2, 0.25) is 5.91 Å². The Morgan fingerprint density at radius 3 is 2.77 bits per heavy atom. The van der Waals surface area contributed by atoms with Crippen molar-refractivity contribution in [2.45, 2.75) is 19.8 Å².